The van der Waals surface area contributed by atoms with Crippen LogP contribution in [0.25, 0.3) is 111 Å². The fourth-order valence-corrected chi connectivity index (χ4v) is 12.3. The number of rotatable bonds is 7. The quantitative estimate of drug-likeness (QED) is 0.146. The molecule has 0 spiro atoms. The highest BCUT2D eigenvalue weighted by Gasteiger charge is 2.39. The van der Waals surface area contributed by atoms with E-state index in [0.29, 0.717) is 28.1 Å². The maximum absolute atomic E-state index is 15.8. The predicted octanol–water partition coefficient (Wildman–Crippen LogP) is 20.6. The van der Waals surface area contributed by atoms with E-state index < -0.39 is 29.0 Å². The molecule has 0 unspecified atom stereocenters. The summed E-state index contributed by atoms with van der Waals surface area (Å²) in [7, 11) is 0. The van der Waals surface area contributed by atoms with Crippen molar-refractivity contribution < 1.29 is 26.3 Å². The Kier molecular flexibility index (Phi) is 12.3. The van der Waals surface area contributed by atoms with Gasteiger partial charge < -0.3 is 9.13 Å². The lowest BCUT2D eigenvalue weighted by molar-refractivity contribution is -0.142. The van der Waals surface area contributed by atoms with Crippen LogP contribution >= 0.6 is 0 Å². The monoisotopic (exact) mass is 1060 g/mol. The number of alkyl halides is 6. The van der Waals surface area contributed by atoms with Gasteiger partial charge in [-0.1, -0.05) is 148 Å². The van der Waals surface area contributed by atoms with Gasteiger partial charge in [0.15, 0.2) is 0 Å². The van der Waals surface area contributed by atoms with E-state index in [0.717, 1.165) is 117 Å². The summed E-state index contributed by atoms with van der Waals surface area (Å²) in [6.45, 7) is 16.4. The van der Waals surface area contributed by atoms with Crippen molar-refractivity contribution in [1.29, 1.82) is 5.26 Å². The molecule has 9 heteroatoms. The zero-order valence-corrected chi connectivity index (χ0v) is 45.4. The molecule has 0 atom stereocenters. The SMILES string of the molecule is Cc1cc(C)cc(-c2ccc3c(c2)c2cc(-c4cc(C)cc(C)c4)ccc2n3-c2cc(-c3ccc(C(F)(F)F)cc3C(F)(F)F)c(-n3c4ccc(-c5cc(C)cc(C)c5)cc4c4cc(-c5cc(C)cc(C)c5)ccc43)cc2C#N)c1. The minimum Gasteiger partial charge on any atom is -0.309 e. The molecule has 3 nitrogen and oxygen atoms in total. The van der Waals surface area contributed by atoms with E-state index in [1.807, 2.05) is 85.4 Å². The van der Waals surface area contributed by atoms with Crippen molar-refractivity contribution in [2.75, 3.05) is 0 Å². The Morgan fingerprint density at radius 2 is 0.637 bits per heavy atom. The maximum Gasteiger partial charge on any atom is 0.417 e. The van der Waals surface area contributed by atoms with E-state index in [9.17, 15) is 18.4 Å². The summed E-state index contributed by atoms with van der Waals surface area (Å²) < 4.78 is 94.6. The van der Waals surface area contributed by atoms with Crippen LogP contribution in [0.15, 0.2) is 176 Å². The smallest absolute Gasteiger partial charge is 0.309 e. The highest BCUT2D eigenvalue weighted by Crippen LogP contribution is 2.48. The Morgan fingerprint density at radius 1 is 0.312 bits per heavy atom. The van der Waals surface area contributed by atoms with Gasteiger partial charge in [-0.25, -0.2) is 0 Å². The van der Waals surface area contributed by atoms with Gasteiger partial charge >= 0.3 is 12.4 Å². The van der Waals surface area contributed by atoms with Gasteiger partial charge in [-0.3, -0.25) is 0 Å². The van der Waals surface area contributed by atoms with E-state index in [-0.39, 0.29) is 28.6 Å². The Balaban J connectivity index is 1.20. The molecule has 0 aliphatic heterocycles. The maximum atomic E-state index is 15.8. The number of fused-ring (bicyclic) bond motifs is 6. The van der Waals surface area contributed by atoms with Gasteiger partial charge in [0.1, 0.15) is 6.07 Å². The second kappa shape index (κ2) is 19.1. The first-order chi connectivity index (χ1) is 38.1. The van der Waals surface area contributed by atoms with E-state index in [1.54, 1.807) is 12.1 Å². The van der Waals surface area contributed by atoms with Crippen LogP contribution in [0.4, 0.5) is 26.3 Å². The molecule has 2 aromatic heterocycles. The third-order valence-corrected chi connectivity index (χ3v) is 15.4. The number of halogens is 6. The van der Waals surface area contributed by atoms with E-state index in [2.05, 4.69) is 131 Å². The molecule has 394 valence electrons. The van der Waals surface area contributed by atoms with Crippen molar-refractivity contribution in [3.8, 4) is 73.1 Å². The fourth-order valence-electron chi connectivity index (χ4n) is 12.3. The molecule has 12 aromatic rings. The summed E-state index contributed by atoms with van der Waals surface area (Å²) in [6, 6.07) is 57.0. The van der Waals surface area contributed by atoms with Gasteiger partial charge in [0, 0.05) is 27.1 Å². The van der Waals surface area contributed by atoms with Crippen LogP contribution in [-0.2, 0) is 12.4 Å². The lowest BCUT2D eigenvalue weighted by atomic mass is 9.93. The lowest BCUT2D eigenvalue weighted by Gasteiger charge is -2.22. The lowest BCUT2D eigenvalue weighted by Crippen LogP contribution is -2.13. The number of nitriles is 1. The van der Waals surface area contributed by atoms with Crippen LogP contribution in [-0.4, -0.2) is 9.13 Å². The topological polar surface area (TPSA) is 33.6 Å². The molecule has 0 aliphatic rings. The van der Waals surface area contributed by atoms with Crippen molar-refractivity contribution in [3.05, 3.63) is 237 Å². The molecule has 80 heavy (non-hydrogen) atoms. The molecule has 2 heterocycles. The Morgan fingerprint density at radius 3 is 0.938 bits per heavy atom. The number of hydrogen-bond acceptors (Lipinski definition) is 1. The van der Waals surface area contributed by atoms with Gasteiger partial charge in [-0.15, -0.1) is 0 Å². The molecular weight excluding hydrogens is 1010 g/mol. The zero-order chi connectivity index (χ0) is 56.3. The predicted molar refractivity (Wildman–Crippen MR) is 315 cm³/mol. The molecule has 0 N–H and O–H groups in total. The van der Waals surface area contributed by atoms with Crippen LogP contribution in [0.5, 0.6) is 0 Å². The number of aromatic nitrogens is 2. The van der Waals surface area contributed by atoms with Crippen LogP contribution in [0.2, 0.25) is 0 Å². The Bertz CT molecular complexity index is 4310. The highest BCUT2D eigenvalue weighted by molar-refractivity contribution is 6.14. The number of benzene rings is 10. The zero-order valence-electron chi connectivity index (χ0n) is 45.4. The molecule has 0 bridgehead atoms. The van der Waals surface area contributed by atoms with Gasteiger partial charge in [-0.05, 0) is 178 Å². The average Bonchev–Trinajstić information content (AvgIpc) is 3.10. The second-order valence-corrected chi connectivity index (χ2v) is 21.9. The Labute approximate surface area is 460 Å². The molecule has 0 fully saturated rings. The van der Waals surface area contributed by atoms with Gasteiger partial charge in [0.2, 0.25) is 0 Å². The first-order valence-corrected chi connectivity index (χ1v) is 26.5. The van der Waals surface area contributed by atoms with Crippen LogP contribution in [0.1, 0.15) is 61.2 Å². The molecule has 0 aliphatic carbocycles. The van der Waals surface area contributed by atoms with Crippen molar-refractivity contribution in [3.63, 3.8) is 0 Å². The fraction of sp³-hybridized carbons (Fsp3) is 0.141. The Hall–Kier alpha value is -9.13. The molecule has 12 rings (SSSR count). The summed E-state index contributed by atoms with van der Waals surface area (Å²) >= 11 is 0. The highest BCUT2D eigenvalue weighted by atomic mass is 19.4. The van der Waals surface area contributed by atoms with Crippen molar-refractivity contribution in [2.24, 2.45) is 0 Å². The number of nitrogens with zero attached hydrogens (tertiary/aromatic N) is 3. The third kappa shape index (κ3) is 9.18. The minimum absolute atomic E-state index is 0.0238. The van der Waals surface area contributed by atoms with E-state index >= 15 is 13.2 Å². The van der Waals surface area contributed by atoms with Crippen LogP contribution in [0, 0.1) is 66.7 Å². The molecule has 0 radical (unpaired) electrons. The van der Waals surface area contributed by atoms with Crippen LogP contribution in [0.3, 0.4) is 0 Å². The molecule has 0 saturated heterocycles. The minimum atomic E-state index is -5.23. The standard InChI is InChI=1S/C71H53F6N3/c1-39-19-40(2)24-51(23-39)47-9-15-64-58(31-47)59-32-48(52-25-41(3)20-42(4)26-52)10-16-65(59)79(64)68-37-62(57-14-13-56(70(72,73)74)36-63(57)71(75,76)77)69(35-55(68)38-78)80-66-17-11-49(53-27-43(5)21-44(6)28-53)33-60(66)61-34-50(12-18-67(61)80)54-29-45(7)22-46(8)30-54/h9-37H,1-8H3. The summed E-state index contributed by atoms with van der Waals surface area (Å²) in [6.07, 6.45) is -10.3. The molecule has 0 amide bonds. The summed E-state index contributed by atoms with van der Waals surface area (Å²) in [4.78, 5) is 0. The van der Waals surface area contributed by atoms with Gasteiger partial charge in [-0.2, -0.15) is 31.6 Å². The van der Waals surface area contributed by atoms with E-state index in [4.69, 9.17) is 0 Å². The first-order valence-electron chi connectivity index (χ1n) is 26.5. The largest absolute Gasteiger partial charge is 0.417 e. The summed E-state index contributed by atoms with van der Waals surface area (Å²) in [5.74, 6) is 0. The van der Waals surface area contributed by atoms with Crippen LogP contribution < -0.4 is 0 Å². The molecule has 0 saturated carbocycles. The first kappa shape index (κ1) is 51.6. The number of aryl methyl sites for hydroxylation is 8. The summed E-state index contributed by atoms with van der Waals surface area (Å²) in [5.41, 5.74) is 16.2. The van der Waals surface area contributed by atoms with Gasteiger partial charge in [0.05, 0.1) is 50.1 Å². The summed E-state index contributed by atoms with van der Waals surface area (Å²) in [5, 5.41) is 14.8. The van der Waals surface area contributed by atoms with Crippen molar-refractivity contribution in [1.82, 2.24) is 9.13 Å². The van der Waals surface area contributed by atoms with E-state index in [1.165, 1.54) is 0 Å². The normalized spacial score (nSPS) is 12.1. The molecule has 10 aromatic carbocycles. The molecular formula is C71H53F6N3. The second-order valence-electron chi connectivity index (χ2n) is 21.9. The van der Waals surface area contributed by atoms with Crippen molar-refractivity contribution >= 4 is 43.6 Å². The van der Waals surface area contributed by atoms with Crippen molar-refractivity contribution in [2.45, 2.75) is 67.7 Å². The third-order valence-electron chi connectivity index (χ3n) is 15.4. The number of hydrogen-bond donors (Lipinski definition) is 0. The average molecular weight is 1060 g/mol. The van der Waals surface area contributed by atoms with Gasteiger partial charge in [0.25, 0.3) is 0 Å².